The molecule has 1 N–H and O–H groups in total. The van der Waals surface area contributed by atoms with Crippen molar-refractivity contribution in [3.63, 3.8) is 0 Å². The van der Waals surface area contributed by atoms with Gasteiger partial charge >= 0.3 is 5.69 Å². The molecule has 1 amide bonds. The Labute approximate surface area is 127 Å². The topological polar surface area (TPSA) is 75.2 Å². The number of aryl methyl sites for hydroxylation is 1. The molecule has 1 fully saturated rings. The van der Waals surface area contributed by atoms with Crippen LogP contribution in [0.4, 0.5) is 0 Å². The summed E-state index contributed by atoms with van der Waals surface area (Å²) in [6, 6.07) is 9.92. The van der Waals surface area contributed by atoms with Gasteiger partial charge in [0.05, 0.1) is 6.04 Å². The first-order valence-corrected chi connectivity index (χ1v) is 7.21. The third-order valence-corrected chi connectivity index (χ3v) is 4.02. The van der Waals surface area contributed by atoms with Gasteiger partial charge in [-0.3, -0.25) is 19.1 Å². The first kappa shape index (κ1) is 14.3. The minimum absolute atomic E-state index is 0.0558. The molecule has 2 aromatic rings. The highest BCUT2D eigenvalue weighted by atomic mass is 16.2. The number of benzene rings is 1. The van der Waals surface area contributed by atoms with Crippen molar-refractivity contribution < 1.29 is 4.79 Å². The lowest BCUT2D eigenvalue weighted by atomic mass is 9.94. The van der Waals surface area contributed by atoms with Gasteiger partial charge in [0.15, 0.2) is 0 Å². The maximum atomic E-state index is 12.4. The molecule has 6 nitrogen and oxygen atoms in total. The van der Waals surface area contributed by atoms with Crippen LogP contribution in [-0.4, -0.2) is 26.9 Å². The number of carbonyl (C=O) groups is 1. The monoisotopic (exact) mass is 299 g/mol. The molecule has 0 saturated carbocycles. The predicted octanol–water partition coefficient (Wildman–Crippen LogP) is 0.819. The zero-order valence-electron chi connectivity index (χ0n) is 12.3. The van der Waals surface area contributed by atoms with E-state index in [2.05, 4.69) is 4.98 Å². The summed E-state index contributed by atoms with van der Waals surface area (Å²) in [5, 5.41) is 0. The van der Waals surface area contributed by atoms with E-state index in [0.29, 0.717) is 12.1 Å². The minimum Gasteiger partial charge on any atom is -0.334 e. The van der Waals surface area contributed by atoms with Crippen LogP contribution >= 0.6 is 0 Å². The van der Waals surface area contributed by atoms with E-state index in [1.165, 1.54) is 10.8 Å². The fourth-order valence-electron chi connectivity index (χ4n) is 2.68. The summed E-state index contributed by atoms with van der Waals surface area (Å²) in [6.07, 6.45) is 2.35. The van der Waals surface area contributed by atoms with Gasteiger partial charge in [0, 0.05) is 18.3 Å². The highest BCUT2D eigenvalue weighted by Gasteiger charge is 2.33. The summed E-state index contributed by atoms with van der Waals surface area (Å²) in [5.74, 6) is -0.117. The Morgan fingerprint density at radius 1 is 1.27 bits per heavy atom. The summed E-state index contributed by atoms with van der Waals surface area (Å²) in [6.45, 7) is 2.24. The molecule has 1 atom stereocenters. The molecule has 1 saturated heterocycles. The Kier molecular flexibility index (Phi) is 3.66. The van der Waals surface area contributed by atoms with E-state index in [-0.39, 0.29) is 18.5 Å². The normalized spacial score (nSPS) is 17.1. The zero-order chi connectivity index (χ0) is 15.7. The first-order valence-electron chi connectivity index (χ1n) is 7.21. The third kappa shape index (κ3) is 2.59. The van der Waals surface area contributed by atoms with Crippen molar-refractivity contribution in [1.82, 2.24) is 14.5 Å². The minimum atomic E-state index is -0.555. The van der Waals surface area contributed by atoms with E-state index in [0.717, 1.165) is 12.0 Å². The summed E-state index contributed by atoms with van der Waals surface area (Å²) in [4.78, 5) is 39.5. The van der Waals surface area contributed by atoms with Crippen molar-refractivity contribution in [2.45, 2.75) is 25.9 Å². The molecule has 1 aromatic heterocycles. The van der Waals surface area contributed by atoms with Gasteiger partial charge in [-0.05, 0) is 18.9 Å². The van der Waals surface area contributed by atoms with Gasteiger partial charge < -0.3 is 4.90 Å². The molecule has 0 spiro atoms. The summed E-state index contributed by atoms with van der Waals surface area (Å²) < 4.78 is 1.25. The number of hydrogen-bond donors (Lipinski definition) is 1. The number of amides is 1. The Morgan fingerprint density at radius 3 is 2.64 bits per heavy atom. The van der Waals surface area contributed by atoms with Crippen LogP contribution in [0.25, 0.3) is 0 Å². The molecule has 3 rings (SSSR count). The van der Waals surface area contributed by atoms with Crippen LogP contribution in [0.2, 0.25) is 0 Å². The van der Waals surface area contributed by atoms with Crippen LogP contribution in [0, 0.1) is 6.92 Å². The maximum Gasteiger partial charge on any atom is 0.328 e. The number of nitrogens with one attached hydrogen (secondary N) is 1. The van der Waals surface area contributed by atoms with Gasteiger partial charge in [-0.15, -0.1) is 0 Å². The molecule has 1 aliphatic rings. The number of rotatable bonds is 3. The highest BCUT2D eigenvalue weighted by Crippen LogP contribution is 2.33. The number of hydrogen-bond acceptors (Lipinski definition) is 3. The second-order valence-electron chi connectivity index (χ2n) is 5.50. The van der Waals surface area contributed by atoms with Crippen LogP contribution in [0.3, 0.4) is 0 Å². The third-order valence-electron chi connectivity index (χ3n) is 4.02. The molecule has 22 heavy (non-hydrogen) atoms. The van der Waals surface area contributed by atoms with E-state index in [1.807, 2.05) is 30.3 Å². The average molecular weight is 299 g/mol. The van der Waals surface area contributed by atoms with Crippen molar-refractivity contribution in [3.05, 3.63) is 68.5 Å². The van der Waals surface area contributed by atoms with Crippen molar-refractivity contribution in [2.75, 3.05) is 6.54 Å². The standard InChI is InChI=1S/C16H17N3O3/c1-11-9-18(16(22)17-15(11)21)10-14(20)19-8-7-13(19)12-5-3-2-4-6-12/h2-6,9,13H,7-8,10H2,1H3,(H,17,21,22)/t13-/m0/s1. The van der Waals surface area contributed by atoms with Gasteiger partial charge in [0.1, 0.15) is 6.54 Å². The van der Waals surface area contributed by atoms with E-state index in [1.54, 1.807) is 11.8 Å². The van der Waals surface area contributed by atoms with Crippen LogP contribution in [0.15, 0.2) is 46.1 Å². The lowest BCUT2D eigenvalue weighted by Crippen LogP contribution is -2.47. The molecule has 0 aliphatic carbocycles. The molecule has 1 aromatic carbocycles. The molecule has 0 bridgehead atoms. The summed E-state index contributed by atoms with van der Waals surface area (Å²) in [7, 11) is 0. The van der Waals surface area contributed by atoms with Gasteiger partial charge in [0.2, 0.25) is 5.91 Å². The number of nitrogens with zero attached hydrogens (tertiary/aromatic N) is 2. The average Bonchev–Trinajstić information content (AvgIpc) is 2.44. The number of H-pyrrole nitrogens is 1. The van der Waals surface area contributed by atoms with Crippen molar-refractivity contribution in [3.8, 4) is 0 Å². The largest absolute Gasteiger partial charge is 0.334 e. The van der Waals surface area contributed by atoms with Crippen LogP contribution in [-0.2, 0) is 11.3 Å². The maximum absolute atomic E-state index is 12.4. The molecule has 2 heterocycles. The number of likely N-dealkylation sites (tertiary alicyclic amines) is 1. The van der Waals surface area contributed by atoms with Crippen LogP contribution in [0.1, 0.15) is 23.6 Å². The zero-order valence-corrected chi connectivity index (χ0v) is 12.3. The fraction of sp³-hybridized carbons (Fsp3) is 0.312. The Morgan fingerprint density at radius 2 is 2.00 bits per heavy atom. The van der Waals surface area contributed by atoms with Gasteiger partial charge in [-0.25, -0.2) is 4.79 Å². The van der Waals surface area contributed by atoms with Crippen LogP contribution < -0.4 is 11.2 Å². The van der Waals surface area contributed by atoms with E-state index in [4.69, 9.17) is 0 Å². The predicted molar refractivity (Wildman–Crippen MR) is 81.6 cm³/mol. The molecule has 0 radical (unpaired) electrons. The molecule has 114 valence electrons. The summed E-state index contributed by atoms with van der Waals surface area (Å²) in [5.41, 5.74) is 0.545. The lowest BCUT2D eigenvalue weighted by molar-refractivity contribution is -0.139. The Bertz CT molecular complexity index is 807. The van der Waals surface area contributed by atoms with Crippen molar-refractivity contribution >= 4 is 5.91 Å². The van der Waals surface area contributed by atoms with Gasteiger partial charge in [0.25, 0.3) is 5.56 Å². The fourth-order valence-corrected chi connectivity index (χ4v) is 2.68. The lowest BCUT2D eigenvalue weighted by Gasteiger charge is -2.41. The molecule has 0 unspecified atom stereocenters. The number of aromatic nitrogens is 2. The highest BCUT2D eigenvalue weighted by molar-refractivity contribution is 5.77. The Balaban J connectivity index is 1.77. The van der Waals surface area contributed by atoms with Crippen LogP contribution in [0.5, 0.6) is 0 Å². The van der Waals surface area contributed by atoms with Gasteiger partial charge in [-0.1, -0.05) is 30.3 Å². The second kappa shape index (κ2) is 5.63. The van der Waals surface area contributed by atoms with E-state index < -0.39 is 11.2 Å². The first-order chi connectivity index (χ1) is 10.6. The molecule has 6 heteroatoms. The van der Waals surface area contributed by atoms with Crippen molar-refractivity contribution in [2.24, 2.45) is 0 Å². The van der Waals surface area contributed by atoms with E-state index in [9.17, 15) is 14.4 Å². The molecule has 1 aliphatic heterocycles. The smallest absolute Gasteiger partial charge is 0.328 e. The number of carbonyl (C=O) groups excluding carboxylic acids is 1. The van der Waals surface area contributed by atoms with Gasteiger partial charge in [-0.2, -0.15) is 0 Å². The van der Waals surface area contributed by atoms with E-state index >= 15 is 0 Å². The number of aromatic amines is 1. The SMILES string of the molecule is Cc1cn(CC(=O)N2CC[C@H]2c2ccccc2)c(=O)[nH]c1=O. The van der Waals surface area contributed by atoms with Crippen molar-refractivity contribution in [1.29, 1.82) is 0 Å². The molecular formula is C16H17N3O3. The summed E-state index contributed by atoms with van der Waals surface area (Å²) >= 11 is 0. The Hall–Kier alpha value is -2.63. The molecular weight excluding hydrogens is 282 g/mol. The second-order valence-corrected chi connectivity index (χ2v) is 5.50. The quantitative estimate of drug-likeness (QED) is 0.911.